The third-order valence-electron chi connectivity index (χ3n) is 2.68. The fraction of sp³-hybridized carbons (Fsp3) is 0.143. The van der Waals surface area contributed by atoms with E-state index in [1.165, 1.54) is 12.3 Å². The number of hydrogen-bond acceptors (Lipinski definition) is 2. The Morgan fingerprint density at radius 2 is 1.94 bits per heavy atom. The number of carbonyl (C=O) groups excluding carboxylic acids is 1. The molecule has 0 aliphatic rings. The Labute approximate surface area is 105 Å². The first-order chi connectivity index (χ1) is 8.66. The number of rotatable bonds is 3. The minimum Gasteiger partial charge on any atom is -0.346 e. The molecule has 0 saturated heterocycles. The highest BCUT2D eigenvalue weighted by Gasteiger charge is 2.11. The highest BCUT2D eigenvalue weighted by molar-refractivity contribution is 5.94. The molecule has 4 heteroatoms. The Bertz CT molecular complexity index is 590. The van der Waals surface area contributed by atoms with Crippen LogP contribution in [0.2, 0.25) is 0 Å². The van der Waals surface area contributed by atoms with Crippen molar-refractivity contribution >= 4 is 5.91 Å². The van der Waals surface area contributed by atoms with E-state index >= 15 is 0 Å². The lowest BCUT2D eigenvalue weighted by atomic mass is 10.1. The average molecular weight is 242 g/mol. The van der Waals surface area contributed by atoms with Gasteiger partial charge in [-0.1, -0.05) is 30.3 Å². The van der Waals surface area contributed by atoms with Crippen LogP contribution in [0.3, 0.4) is 0 Å². The molecular weight excluding hydrogens is 228 g/mol. The lowest BCUT2D eigenvalue weighted by Gasteiger charge is -2.14. The minimum atomic E-state index is -0.282. The summed E-state index contributed by atoms with van der Waals surface area (Å²) in [5, 5.41) is 2.85. The van der Waals surface area contributed by atoms with Crippen molar-refractivity contribution in [3.63, 3.8) is 0 Å². The van der Waals surface area contributed by atoms with Crippen LogP contribution in [-0.2, 0) is 0 Å². The number of H-pyrrole nitrogens is 1. The first-order valence-electron chi connectivity index (χ1n) is 5.71. The molecule has 18 heavy (non-hydrogen) atoms. The normalized spacial score (nSPS) is 11.8. The van der Waals surface area contributed by atoms with E-state index in [1.54, 1.807) is 6.07 Å². The third kappa shape index (κ3) is 2.85. The molecule has 0 fully saturated rings. The molecule has 2 aromatic rings. The number of amides is 1. The lowest BCUT2D eigenvalue weighted by molar-refractivity contribution is 0.0939. The van der Waals surface area contributed by atoms with E-state index in [0.29, 0.717) is 5.56 Å². The van der Waals surface area contributed by atoms with Crippen molar-refractivity contribution < 1.29 is 4.79 Å². The fourth-order valence-corrected chi connectivity index (χ4v) is 1.69. The molecule has 0 radical (unpaired) electrons. The largest absolute Gasteiger partial charge is 0.346 e. The number of pyridine rings is 1. The topological polar surface area (TPSA) is 62.0 Å². The molecule has 2 N–H and O–H groups in total. The second-order valence-corrected chi connectivity index (χ2v) is 4.05. The molecule has 1 aromatic heterocycles. The maximum atomic E-state index is 11.9. The van der Waals surface area contributed by atoms with Crippen LogP contribution in [0.5, 0.6) is 0 Å². The minimum absolute atomic E-state index is 0.0991. The third-order valence-corrected chi connectivity index (χ3v) is 2.68. The molecule has 0 aliphatic carbocycles. The van der Waals surface area contributed by atoms with E-state index in [0.717, 1.165) is 5.56 Å². The van der Waals surface area contributed by atoms with Crippen LogP contribution < -0.4 is 10.9 Å². The Morgan fingerprint density at radius 3 is 2.61 bits per heavy atom. The van der Waals surface area contributed by atoms with Gasteiger partial charge in [-0.2, -0.15) is 0 Å². The lowest BCUT2D eigenvalue weighted by Crippen LogP contribution is -2.27. The highest BCUT2D eigenvalue weighted by Crippen LogP contribution is 2.11. The smallest absolute Gasteiger partial charge is 0.252 e. The van der Waals surface area contributed by atoms with E-state index in [2.05, 4.69) is 10.3 Å². The summed E-state index contributed by atoms with van der Waals surface area (Å²) in [5.41, 5.74) is 1.10. The van der Waals surface area contributed by atoms with Gasteiger partial charge in [-0.25, -0.2) is 0 Å². The maximum Gasteiger partial charge on any atom is 0.252 e. The van der Waals surface area contributed by atoms with Gasteiger partial charge in [-0.05, 0) is 18.6 Å². The van der Waals surface area contributed by atoms with Gasteiger partial charge < -0.3 is 10.3 Å². The predicted octanol–water partition coefficient (Wildman–Crippen LogP) is 1.87. The van der Waals surface area contributed by atoms with Crippen LogP contribution in [0.1, 0.15) is 28.9 Å². The van der Waals surface area contributed by atoms with Crippen molar-refractivity contribution in [1.29, 1.82) is 0 Å². The number of aromatic amines is 1. The van der Waals surface area contributed by atoms with Gasteiger partial charge in [0.1, 0.15) is 0 Å². The quantitative estimate of drug-likeness (QED) is 0.863. The van der Waals surface area contributed by atoms with Gasteiger partial charge in [0.15, 0.2) is 0 Å². The fourth-order valence-electron chi connectivity index (χ4n) is 1.69. The van der Waals surface area contributed by atoms with Crippen LogP contribution in [0.25, 0.3) is 0 Å². The number of nitrogens with one attached hydrogen (secondary N) is 2. The molecule has 0 aliphatic heterocycles. The van der Waals surface area contributed by atoms with Crippen molar-refractivity contribution in [1.82, 2.24) is 10.3 Å². The van der Waals surface area contributed by atoms with Gasteiger partial charge in [-0.3, -0.25) is 9.59 Å². The van der Waals surface area contributed by atoms with E-state index < -0.39 is 0 Å². The van der Waals surface area contributed by atoms with Crippen LogP contribution in [0.4, 0.5) is 0 Å². The summed E-state index contributed by atoms with van der Waals surface area (Å²) in [6, 6.07) is 12.4. The Morgan fingerprint density at radius 1 is 1.22 bits per heavy atom. The molecule has 4 nitrogen and oxygen atoms in total. The zero-order chi connectivity index (χ0) is 13.0. The number of aromatic nitrogens is 1. The predicted molar refractivity (Wildman–Crippen MR) is 69.4 cm³/mol. The van der Waals surface area contributed by atoms with Gasteiger partial charge in [0.25, 0.3) is 5.91 Å². The summed E-state index contributed by atoms with van der Waals surface area (Å²) in [4.78, 5) is 25.5. The van der Waals surface area contributed by atoms with Crippen LogP contribution >= 0.6 is 0 Å². The molecular formula is C14H14N2O2. The second-order valence-electron chi connectivity index (χ2n) is 4.05. The van der Waals surface area contributed by atoms with E-state index in [-0.39, 0.29) is 17.5 Å². The van der Waals surface area contributed by atoms with Crippen molar-refractivity contribution in [2.24, 2.45) is 0 Å². The Kier molecular flexibility index (Phi) is 3.57. The highest BCUT2D eigenvalue weighted by atomic mass is 16.2. The van der Waals surface area contributed by atoms with Crippen molar-refractivity contribution in [2.45, 2.75) is 13.0 Å². The standard InChI is InChI=1S/C14H14N2O2/c1-10(11-5-3-2-4-6-11)16-14(18)12-7-8-15-13(17)9-12/h2-10H,1H3,(H,15,17)(H,16,18). The van der Waals surface area contributed by atoms with Crippen LogP contribution in [0, 0.1) is 0 Å². The van der Waals surface area contributed by atoms with Gasteiger partial charge in [0.05, 0.1) is 6.04 Å². The molecule has 1 unspecified atom stereocenters. The molecule has 1 heterocycles. The van der Waals surface area contributed by atoms with E-state index in [9.17, 15) is 9.59 Å². The van der Waals surface area contributed by atoms with Gasteiger partial charge in [0.2, 0.25) is 5.56 Å². The van der Waals surface area contributed by atoms with Gasteiger partial charge in [0, 0.05) is 17.8 Å². The Hall–Kier alpha value is -2.36. The second kappa shape index (κ2) is 5.31. The van der Waals surface area contributed by atoms with Crippen molar-refractivity contribution in [3.05, 3.63) is 70.1 Å². The van der Waals surface area contributed by atoms with Crippen molar-refractivity contribution in [2.75, 3.05) is 0 Å². The summed E-state index contributed by atoms with van der Waals surface area (Å²) in [5.74, 6) is -0.252. The summed E-state index contributed by atoms with van der Waals surface area (Å²) < 4.78 is 0. The number of benzene rings is 1. The summed E-state index contributed by atoms with van der Waals surface area (Å²) >= 11 is 0. The number of carbonyl (C=O) groups is 1. The number of hydrogen-bond donors (Lipinski definition) is 2. The molecule has 0 bridgehead atoms. The summed E-state index contributed by atoms with van der Waals surface area (Å²) in [6.45, 7) is 1.90. The zero-order valence-corrected chi connectivity index (χ0v) is 10.0. The van der Waals surface area contributed by atoms with E-state index in [1.807, 2.05) is 37.3 Å². The molecule has 1 amide bonds. The zero-order valence-electron chi connectivity index (χ0n) is 10.0. The van der Waals surface area contributed by atoms with Gasteiger partial charge >= 0.3 is 0 Å². The first-order valence-corrected chi connectivity index (χ1v) is 5.71. The SMILES string of the molecule is CC(NC(=O)c1cc[nH]c(=O)c1)c1ccccc1. The molecule has 0 saturated carbocycles. The molecule has 1 aromatic carbocycles. The average Bonchev–Trinajstić information content (AvgIpc) is 2.39. The summed E-state index contributed by atoms with van der Waals surface area (Å²) in [7, 11) is 0. The Balaban J connectivity index is 2.11. The molecule has 1 atom stereocenters. The summed E-state index contributed by atoms with van der Waals surface area (Å²) in [6.07, 6.45) is 1.46. The molecule has 2 rings (SSSR count). The van der Waals surface area contributed by atoms with Crippen LogP contribution in [0.15, 0.2) is 53.5 Å². The van der Waals surface area contributed by atoms with Crippen molar-refractivity contribution in [3.8, 4) is 0 Å². The monoisotopic (exact) mass is 242 g/mol. The first kappa shape index (κ1) is 12.1. The van der Waals surface area contributed by atoms with Gasteiger partial charge in [-0.15, -0.1) is 0 Å². The molecule has 92 valence electrons. The maximum absolute atomic E-state index is 11.9. The molecule has 0 spiro atoms. The van der Waals surface area contributed by atoms with Crippen LogP contribution in [-0.4, -0.2) is 10.9 Å². The van der Waals surface area contributed by atoms with E-state index in [4.69, 9.17) is 0 Å².